The molecular weight excluding hydrogens is 444 g/mol. The van der Waals surface area contributed by atoms with Crippen LogP contribution >= 0.6 is 11.6 Å². The van der Waals surface area contributed by atoms with Gasteiger partial charge >= 0.3 is 0 Å². The Morgan fingerprint density at radius 3 is 2.66 bits per heavy atom. The van der Waals surface area contributed by atoms with Gasteiger partial charge in [-0.3, -0.25) is 4.90 Å². The molecule has 6 rings (SSSR count). The summed E-state index contributed by atoms with van der Waals surface area (Å²) in [6.07, 6.45) is 5.05. The number of hydrogen-bond donors (Lipinski definition) is 1. The molecule has 2 aliphatic carbocycles. The molecule has 0 bridgehead atoms. The Labute approximate surface area is 193 Å². The Morgan fingerprint density at radius 1 is 1.16 bits per heavy atom. The van der Waals surface area contributed by atoms with Crippen LogP contribution in [0, 0.1) is 5.41 Å². The van der Waals surface area contributed by atoms with Gasteiger partial charge < -0.3 is 4.57 Å². The summed E-state index contributed by atoms with van der Waals surface area (Å²) >= 11 is 6.26. The van der Waals surface area contributed by atoms with Gasteiger partial charge in [-0.05, 0) is 60.2 Å². The summed E-state index contributed by atoms with van der Waals surface area (Å²) in [5.41, 5.74) is 5.31. The molecule has 1 aromatic heterocycles. The summed E-state index contributed by atoms with van der Waals surface area (Å²) in [7, 11) is 0.317. The maximum atomic E-state index is 12.6. The number of hydrogen-bond acceptors (Lipinski definition) is 4. The highest BCUT2D eigenvalue weighted by Crippen LogP contribution is 2.76. The molecule has 1 saturated carbocycles. The van der Waals surface area contributed by atoms with Crippen molar-refractivity contribution < 1.29 is 8.42 Å². The van der Waals surface area contributed by atoms with Gasteiger partial charge in [-0.1, -0.05) is 41.9 Å². The fourth-order valence-electron chi connectivity index (χ4n) is 6.02. The lowest BCUT2D eigenvalue weighted by Crippen LogP contribution is -2.31. The molecule has 1 spiro atoms. The summed E-state index contributed by atoms with van der Waals surface area (Å²) in [4.78, 5) is 6.43. The highest BCUT2D eigenvalue weighted by atomic mass is 35.5. The topological polar surface area (TPSA) is 67.0 Å². The van der Waals surface area contributed by atoms with Gasteiger partial charge in [-0.25, -0.2) is 18.1 Å². The lowest BCUT2D eigenvalue weighted by molar-refractivity contribution is 0.226. The van der Waals surface area contributed by atoms with E-state index in [-0.39, 0.29) is 11.6 Å². The van der Waals surface area contributed by atoms with Gasteiger partial charge in [0.1, 0.15) is 0 Å². The van der Waals surface area contributed by atoms with Crippen molar-refractivity contribution in [1.82, 2.24) is 19.2 Å². The molecule has 2 fully saturated rings. The maximum absolute atomic E-state index is 12.6. The molecule has 3 atom stereocenters. The summed E-state index contributed by atoms with van der Waals surface area (Å²) < 4.78 is 29.5. The van der Waals surface area contributed by atoms with Gasteiger partial charge in [0.15, 0.2) is 5.03 Å². The summed E-state index contributed by atoms with van der Waals surface area (Å²) in [5, 5.41) is 0.811. The number of fused-ring (bicyclic) bond motifs is 4. The van der Waals surface area contributed by atoms with Gasteiger partial charge in [0, 0.05) is 42.3 Å². The van der Waals surface area contributed by atoms with Crippen molar-refractivity contribution in [3.8, 4) is 0 Å². The van der Waals surface area contributed by atoms with E-state index in [0.717, 1.165) is 23.4 Å². The van der Waals surface area contributed by atoms with Gasteiger partial charge in [0.25, 0.3) is 10.0 Å². The molecule has 0 radical (unpaired) electrons. The third-order valence-electron chi connectivity index (χ3n) is 7.56. The normalized spacial score (nSPS) is 29.7. The quantitative estimate of drug-likeness (QED) is 0.564. The van der Waals surface area contributed by atoms with Crippen LogP contribution in [0.2, 0.25) is 5.02 Å². The largest absolute Gasteiger partial charge is 0.339 e. The van der Waals surface area contributed by atoms with Crippen LogP contribution in [0.15, 0.2) is 60.0 Å². The number of likely N-dealkylation sites (tertiary alicyclic amines) is 1. The van der Waals surface area contributed by atoms with Crippen LogP contribution in [0.1, 0.15) is 28.2 Å². The van der Waals surface area contributed by atoms with Crippen LogP contribution in [-0.2, 0) is 36.5 Å². The second kappa shape index (κ2) is 6.90. The van der Waals surface area contributed by atoms with Crippen LogP contribution in [-0.4, -0.2) is 42.0 Å². The Hall–Kier alpha value is -2.19. The highest BCUT2D eigenvalue weighted by Gasteiger charge is 2.84. The van der Waals surface area contributed by atoms with Crippen LogP contribution in [0.3, 0.4) is 0 Å². The van der Waals surface area contributed by atoms with E-state index in [1.165, 1.54) is 29.2 Å². The number of imidazole rings is 1. The number of likely N-dealkylation sites (N-methyl/N-ethyl adjacent to an activating group) is 1. The molecule has 1 N–H and O–H groups in total. The molecule has 2 aromatic carbocycles. The number of benzene rings is 2. The summed E-state index contributed by atoms with van der Waals surface area (Å²) in [6, 6.07) is 15.9. The fraction of sp³-hybridized carbons (Fsp3) is 0.375. The summed E-state index contributed by atoms with van der Waals surface area (Å²) in [6.45, 7) is 0.246. The molecule has 166 valence electrons. The van der Waals surface area contributed by atoms with Gasteiger partial charge in [0.2, 0.25) is 0 Å². The second-order valence-electron chi connectivity index (χ2n) is 9.47. The zero-order valence-corrected chi connectivity index (χ0v) is 19.6. The second-order valence-corrected chi connectivity index (χ2v) is 11.6. The molecule has 6 nitrogen and oxygen atoms in total. The third kappa shape index (κ3) is 3.06. The first kappa shape index (κ1) is 20.4. The molecule has 1 saturated heterocycles. The number of aryl methyl sites for hydroxylation is 1. The van der Waals surface area contributed by atoms with Crippen molar-refractivity contribution in [2.45, 2.75) is 42.4 Å². The number of rotatable bonds is 6. The first-order valence-corrected chi connectivity index (χ1v) is 12.7. The van der Waals surface area contributed by atoms with Crippen LogP contribution in [0.25, 0.3) is 0 Å². The lowest BCUT2D eigenvalue weighted by atomic mass is 9.81. The van der Waals surface area contributed by atoms with Crippen molar-refractivity contribution in [1.29, 1.82) is 0 Å². The minimum absolute atomic E-state index is 0.0417. The van der Waals surface area contributed by atoms with E-state index in [4.69, 9.17) is 11.6 Å². The minimum atomic E-state index is -3.64. The number of halogens is 1. The SMILES string of the molecule is CN1C2C1C21Cc2ccc(CNS(=O)(=O)c3cn(C)cn3)cc2C1Cc1cccc(Cl)c1. The maximum Gasteiger partial charge on any atom is 0.259 e. The Balaban J connectivity index is 1.27. The van der Waals surface area contributed by atoms with E-state index in [0.29, 0.717) is 23.4 Å². The monoisotopic (exact) mass is 468 g/mol. The van der Waals surface area contributed by atoms with Crippen LogP contribution < -0.4 is 4.72 Å². The van der Waals surface area contributed by atoms with Crippen molar-refractivity contribution in [3.63, 3.8) is 0 Å². The predicted molar refractivity (Wildman–Crippen MR) is 123 cm³/mol. The first-order chi connectivity index (χ1) is 15.3. The Kier molecular flexibility index (Phi) is 4.41. The van der Waals surface area contributed by atoms with Crippen molar-refractivity contribution >= 4 is 21.6 Å². The molecule has 1 aliphatic heterocycles. The van der Waals surface area contributed by atoms with E-state index in [1.54, 1.807) is 11.6 Å². The fourth-order valence-corrected chi connectivity index (χ4v) is 7.22. The average Bonchev–Trinajstić information content (AvgIpc) is 3.51. The Morgan fingerprint density at radius 2 is 1.97 bits per heavy atom. The van der Waals surface area contributed by atoms with Crippen LogP contribution in [0.4, 0.5) is 0 Å². The minimum Gasteiger partial charge on any atom is -0.339 e. The van der Waals surface area contributed by atoms with E-state index in [1.807, 2.05) is 18.2 Å². The Bertz CT molecular complexity index is 1330. The average molecular weight is 469 g/mol. The van der Waals surface area contributed by atoms with Gasteiger partial charge in [-0.2, -0.15) is 0 Å². The first-order valence-electron chi connectivity index (χ1n) is 10.9. The number of sulfonamides is 1. The molecule has 3 unspecified atom stereocenters. The van der Waals surface area contributed by atoms with Crippen molar-refractivity contribution in [2.75, 3.05) is 7.05 Å². The number of aromatic nitrogens is 2. The standard InChI is InChI=1S/C24H25ClN4O2S/c1-28-13-21(26-14-28)32(30,31)27-12-16-6-7-17-11-24(22-23(24)29(22)2)20(19(17)9-16)10-15-4-3-5-18(25)8-15/h3-9,13-14,20,22-23,27H,10-12H2,1-2H3. The lowest BCUT2D eigenvalue weighted by Gasteiger charge is -2.29. The van der Waals surface area contributed by atoms with Gasteiger partial charge in [-0.15, -0.1) is 0 Å². The predicted octanol–water partition coefficient (Wildman–Crippen LogP) is 3.12. The molecule has 32 heavy (non-hydrogen) atoms. The number of nitrogens with zero attached hydrogens (tertiary/aromatic N) is 3. The molecule has 8 heteroatoms. The molecular formula is C24H25ClN4O2S. The zero-order valence-electron chi connectivity index (χ0n) is 18.0. The molecule has 3 aliphatic rings. The van der Waals surface area contributed by atoms with Crippen molar-refractivity contribution in [3.05, 3.63) is 82.3 Å². The van der Waals surface area contributed by atoms with E-state index >= 15 is 0 Å². The summed E-state index contributed by atoms with van der Waals surface area (Å²) in [5.74, 6) is 0.425. The van der Waals surface area contributed by atoms with E-state index in [2.05, 4.69) is 45.9 Å². The van der Waals surface area contributed by atoms with Gasteiger partial charge in [0.05, 0.1) is 6.33 Å². The molecule has 2 heterocycles. The van der Waals surface area contributed by atoms with E-state index < -0.39 is 10.0 Å². The smallest absolute Gasteiger partial charge is 0.259 e. The van der Waals surface area contributed by atoms with Crippen molar-refractivity contribution in [2.24, 2.45) is 12.5 Å². The van der Waals surface area contributed by atoms with Crippen LogP contribution in [0.5, 0.6) is 0 Å². The van der Waals surface area contributed by atoms with E-state index in [9.17, 15) is 8.42 Å². The molecule has 3 aromatic rings. The number of nitrogens with one attached hydrogen (secondary N) is 1. The zero-order chi connectivity index (χ0) is 22.3. The third-order valence-corrected chi connectivity index (χ3v) is 9.08. The molecule has 0 amide bonds. The highest BCUT2D eigenvalue weighted by molar-refractivity contribution is 7.89.